The summed E-state index contributed by atoms with van der Waals surface area (Å²) in [5.74, 6) is 1.13. The third kappa shape index (κ3) is 3.13. The number of fused-ring (bicyclic) bond motifs is 1. The zero-order chi connectivity index (χ0) is 13.2. The van der Waals surface area contributed by atoms with Gasteiger partial charge in [0.2, 0.25) is 0 Å². The fraction of sp³-hybridized carbons (Fsp3) is 0.364. The highest BCUT2D eigenvalue weighted by molar-refractivity contribution is 5.76. The van der Waals surface area contributed by atoms with Crippen LogP contribution in [0.2, 0.25) is 0 Å². The van der Waals surface area contributed by atoms with Crippen molar-refractivity contribution in [2.75, 3.05) is 13.7 Å². The molecule has 0 aliphatic carbocycles. The Morgan fingerprint density at radius 1 is 1.39 bits per heavy atom. The van der Waals surface area contributed by atoms with E-state index >= 15 is 0 Å². The van der Waals surface area contributed by atoms with Crippen LogP contribution in [-0.2, 0) is 6.54 Å². The zero-order valence-corrected chi connectivity index (χ0v) is 9.64. The molecular formula is C11H12F3N3O. The van der Waals surface area contributed by atoms with E-state index in [0.29, 0.717) is 17.1 Å². The van der Waals surface area contributed by atoms with Gasteiger partial charge in [-0.15, -0.1) is 0 Å². The van der Waals surface area contributed by atoms with Crippen LogP contribution in [0.3, 0.4) is 0 Å². The zero-order valence-electron chi connectivity index (χ0n) is 9.64. The first-order valence-electron chi connectivity index (χ1n) is 5.28. The fourth-order valence-corrected chi connectivity index (χ4v) is 1.57. The van der Waals surface area contributed by atoms with Gasteiger partial charge >= 0.3 is 6.18 Å². The number of nitrogens with zero attached hydrogens (tertiary/aromatic N) is 1. The summed E-state index contributed by atoms with van der Waals surface area (Å²) in [7, 11) is 1.54. The maximum Gasteiger partial charge on any atom is 0.401 e. The maximum atomic E-state index is 12.0. The summed E-state index contributed by atoms with van der Waals surface area (Å²) >= 11 is 0. The number of imidazole rings is 1. The number of halogens is 3. The monoisotopic (exact) mass is 259 g/mol. The van der Waals surface area contributed by atoms with Crippen molar-refractivity contribution in [1.29, 1.82) is 0 Å². The van der Waals surface area contributed by atoms with Crippen molar-refractivity contribution in [3.05, 3.63) is 24.0 Å². The van der Waals surface area contributed by atoms with Crippen LogP contribution < -0.4 is 10.1 Å². The smallest absolute Gasteiger partial charge is 0.401 e. The van der Waals surface area contributed by atoms with Crippen LogP contribution in [-0.4, -0.2) is 29.8 Å². The number of aromatic amines is 1. The Bertz CT molecular complexity index is 536. The quantitative estimate of drug-likeness (QED) is 0.885. The number of methoxy groups -OCH3 is 1. The van der Waals surface area contributed by atoms with Gasteiger partial charge in [-0.2, -0.15) is 13.2 Å². The Morgan fingerprint density at radius 3 is 2.83 bits per heavy atom. The average Bonchev–Trinajstić information content (AvgIpc) is 2.68. The van der Waals surface area contributed by atoms with Crippen molar-refractivity contribution >= 4 is 11.0 Å². The van der Waals surface area contributed by atoms with Gasteiger partial charge in [0.05, 0.1) is 31.2 Å². The maximum absolute atomic E-state index is 12.0. The molecule has 2 N–H and O–H groups in total. The predicted molar refractivity (Wildman–Crippen MR) is 60.4 cm³/mol. The molecule has 4 nitrogen and oxygen atoms in total. The molecule has 2 rings (SSSR count). The predicted octanol–water partition coefficient (Wildman–Crippen LogP) is 2.22. The molecule has 0 radical (unpaired) electrons. The first-order chi connectivity index (χ1) is 8.48. The van der Waals surface area contributed by atoms with Gasteiger partial charge in [-0.3, -0.25) is 0 Å². The summed E-state index contributed by atoms with van der Waals surface area (Å²) in [4.78, 5) is 7.10. The molecule has 0 saturated heterocycles. The number of benzene rings is 1. The van der Waals surface area contributed by atoms with E-state index in [9.17, 15) is 13.2 Å². The lowest BCUT2D eigenvalue weighted by Gasteiger charge is -2.05. The van der Waals surface area contributed by atoms with Gasteiger partial charge in [-0.1, -0.05) is 0 Å². The Morgan fingerprint density at radius 2 is 2.17 bits per heavy atom. The molecule has 7 heteroatoms. The van der Waals surface area contributed by atoms with Crippen LogP contribution >= 0.6 is 0 Å². The molecule has 0 fully saturated rings. The molecule has 0 atom stereocenters. The van der Waals surface area contributed by atoms with Crippen LogP contribution in [0.25, 0.3) is 11.0 Å². The SMILES string of the molecule is COc1ccc2nc(CNCC(F)(F)F)[nH]c2c1. The van der Waals surface area contributed by atoms with E-state index in [0.717, 1.165) is 5.52 Å². The molecule has 0 unspecified atom stereocenters. The van der Waals surface area contributed by atoms with Gasteiger partial charge in [-0.05, 0) is 12.1 Å². The van der Waals surface area contributed by atoms with Crippen molar-refractivity contribution in [1.82, 2.24) is 15.3 Å². The number of hydrogen-bond acceptors (Lipinski definition) is 3. The van der Waals surface area contributed by atoms with Gasteiger partial charge in [0.15, 0.2) is 0 Å². The minimum atomic E-state index is -4.21. The van der Waals surface area contributed by atoms with Crippen LogP contribution in [0.1, 0.15) is 5.82 Å². The number of nitrogens with one attached hydrogen (secondary N) is 2. The minimum Gasteiger partial charge on any atom is -0.497 e. The van der Waals surface area contributed by atoms with E-state index in [4.69, 9.17) is 4.74 Å². The van der Waals surface area contributed by atoms with Crippen molar-refractivity contribution in [2.45, 2.75) is 12.7 Å². The standard InChI is InChI=1S/C11H12F3N3O/c1-18-7-2-3-8-9(4-7)17-10(16-8)5-15-6-11(12,13)14/h2-4,15H,5-6H2,1H3,(H,16,17). The van der Waals surface area contributed by atoms with Gasteiger partial charge in [0, 0.05) is 6.07 Å². The Balaban J connectivity index is 2.06. The molecule has 0 saturated carbocycles. The lowest BCUT2D eigenvalue weighted by molar-refractivity contribution is -0.125. The van der Waals surface area contributed by atoms with Crippen molar-refractivity contribution < 1.29 is 17.9 Å². The molecule has 0 aliphatic heterocycles. The van der Waals surface area contributed by atoms with Gasteiger partial charge in [-0.25, -0.2) is 4.98 Å². The van der Waals surface area contributed by atoms with E-state index in [1.165, 1.54) is 0 Å². The molecule has 18 heavy (non-hydrogen) atoms. The second kappa shape index (κ2) is 4.85. The van der Waals surface area contributed by atoms with E-state index in [2.05, 4.69) is 15.3 Å². The highest BCUT2D eigenvalue weighted by atomic mass is 19.4. The highest BCUT2D eigenvalue weighted by Gasteiger charge is 2.26. The second-order valence-corrected chi connectivity index (χ2v) is 3.79. The van der Waals surface area contributed by atoms with E-state index < -0.39 is 12.7 Å². The Labute approximate surface area is 101 Å². The van der Waals surface area contributed by atoms with Gasteiger partial charge < -0.3 is 15.0 Å². The lowest BCUT2D eigenvalue weighted by Crippen LogP contribution is -2.28. The highest BCUT2D eigenvalue weighted by Crippen LogP contribution is 2.18. The van der Waals surface area contributed by atoms with E-state index in [-0.39, 0.29) is 6.54 Å². The summed E-state index contributed by atoms with van der Waals surface area (Å²) in [6.45, 7) is -0.996. The van der Waals surface area contributed by atoms with E-state index in [1.807, 2.05) is 0 Å². The molecule has 0 bridgehead atoms. The van der Waals surface area contributed by atoms with E-state index in [1.54, 1.807) is 25.3 Å². The molecule has 1 heterocycles. The minimum absolute atomic E-state index is 0.0382. The number of alkyl halides is 3. The summed E-state index contributed by atoms with van der Waals surface area (Å²) in [6, 6.07) is 5.24. The second-order valence-electron chi connectivity index (χ2n) is 3.79. The summed E-state index contributed by atoms with van der Waals surface area (Å²) < 4.78 is 40.9. The van der Waals surface area contributed by atoms with Crippen molar-refractivity contribution in [3.63, 3.8) is 0 Å². The molecule has 1 aromatic heterocycles. The van der Waals surface area contributed by atoms with Gasteiger partial charge in [0.1, 0.15) is 11.6 Å². The van der Waals surface area contributed by atoms with Crippen molar-refractivity contribution in [3.8, 4) is 5.75 Å². The molecule has 0 aliphatic rings. The first-order valence-corrected chi connectivity index (χ1v) is 5.28. The molecule has 98 valence electrons. The Hall–Kier alpha value is -1.76. The average molecular weight is 259 g/mol. The third-order valence-corrected chi connectivity index (χ3v) is 2.36. The van der Waals surface area contributed by atoms with Crippen molar-refractivity contribution in [2.24, 2.45) is 0 Å². The number of aromatic nitrogens is 2. The number of H-pyrrole nitrogens is 1. The first kappa shape index (κ1) is 12.7. The van der Waals surface area contributed by atoms with Crippen LogP contribution in [0.5, 0.6) is 5.75 Å². The molecule has 0 spiro atoms. The summed E-state index contributed by atoms with van der Waals surface area (Å²) in [5, 5.41) is 2.28. The number of hydrogen-bond donors (Lipinski definition) is 2. The largest absolute Gasteiger partial charge is 0.497 e. The third-order valence-electron chi connectivity index (χ3n) is 2.36. The Kier molecular flexibility index (Phi) is 3.42. The fourth-order valence-electron chi connectivity index (χ4n) is 1.57. The molecule has 0 amide bonds. The van der Waals surface area contributed by atoms with Gasteiger partial charge in [0.25, 0.3) is 0 Å². The van der Waals surface area contributed by atoms with Crippen LogP contribution in [0.15, 0.2) is 18.2 Å². The van der Waals surface area contributed by atoms with Crippen LogP contribution in [0.4, 0.5) is 13.2 Å². The normalized spacial score (nSPS) is 12.0. The lowest BCUT2D eigenvalue weighted by atomic mass is 10.3. The molecule has 2 aromatic rings. The summed E-state index contributed by atoms with van der Waals surface area (Å²) in [6.07, 6.45) is -4.21. The number of rotatable bonds is 4. The van der Waals surface area contributed by atoms with Crippen LogP contribution in [0, 0.1) is 0 Å². The summed E-state index contributed by atoms with van der Waals surface area (Å²) in [5.41, 5.74) is 1.43. The molecule has 1 aromatic carbocycles. The topological polar surface area (TPSA) is 49.9 Å². The number of ether oxygens (including phenoxy) is 1. The molecular weight excluding hydrogens is 247 g/mol.